The van der Waals surface area contributed by atoms with Crippen LogP contribution in [0.15, 0.2) is 29.8 Å². The van der Waals surface area contributed by atoms with Gasteiger partial charge in [-0.3, -0.25) is 9.59 Å². The fraction of sp³-hybridized carbons (Fsp3) is 0.545. The van der Waals surface area contributed by atoms with Crippen molar-refractivity contribution in [2.75, 3.05) is 27.3 Å². The number of allylic oxidation sites excluding steroid dienone is 1. The summed E-state index contributed by atoms with van der Waals surface area (Å²) in [6.45, 7) is 3.10. The molecular formula is C22H32N2O4. The fourth-order valence-corrected chi connectivity index (χ4v) is 3.35. The van der Waals surface area contributed by atoms with Crippen molar-refractivity contribution in [3.05, 3.63) is 35.4 Å². The average molecular weight is 389 g/mol. The standard InChI is InChI=1S/C22H32N2O4/c1-17(25)24(13-11-18-7-5-4-6-8-18)14-12-22(26)23-16-19-9-10-20(27-2)21(15-19)28-3/h7,9-10,15H,4-6,8,11-14,16H2,1-3H3,(H,23,26). The summed E-state index contributed by atoms with van der Waals surface area (Å²) < 4.78 is 10.5. The van der Waals surface area contributed by atoms with E-state index in [9.17, 15) is 9.59 Å². The Morgan fingerprint density at radius 3 is 2.54 bits per heavy atom. The highest BCUT2D eigenvalue weighted by atomic mass is 16.5. The predicted molar refractivity (Wildman–Crippen MR) is 109 cm³/mol. The Kier molecular flexibility index (Phi) is 8.85. The van der Waals surface area contributed by atoms with Gasteiger partial charge in [-0.15, -0.1) is 0 Å². The van der Waals surface area contributed by atoms with Gasteiger partial charge in [0.15, 0.2) is 11.5 Å². The Hall–Kier alpha value is -2.50. The van der Waals surface area contributed by atoms with E-state index in [0.29, 0.717) is 37.6 Å². The Bertz CT molecular complexity index is 700. The van der Waals surface area contributed by atoms with Crippen LogP contribution in [-0.2, 0) is 16.1 Å². The average Bonchev–Trinajstić information content (AvgIpc) is 2.72. The number of hydrogen-bond donors (Lipinski definition) is 1. The molecule has 1 aromatic carbocycles. The summed E-state index contributed by atoms with van der Waals surface area (Å²) in [6, 6.07) is 5.55. The SMILES string of the molecule is COc1ccc(CNC(=O)CCN(CCC2=CCCCC2)C(C)=O)cc1OC. The number of hydrogen-bond acceptors (Lipinski definition) is 4. The van der Waals surface area contributed by atoms with Crippen molar-refractivity contribution < 1.29 is 19.1 Å². The molecule has 1 aliphatic rings. The summed E-state index contributed by atoms with van der Waals surface area (Å²) in [6.07, 6.45) is 8.30. The molecule has 1 aromatic rings. The normalized spacial score (nSPS) is 13.5. The lowest BCUT2D eigenvalue weighted by Gasteiger charge is -2.22. The zero-order valence-electron chi connectivity index (χ0n) is 17.3. The summed E-state index contributed by atoms with van der Waals surface area (Å²) >= 11 is 0. The van der Waals surface area contributed by atoms with Gasteiger partial charge in [-0.1, -0.05) is 17.7 Å². The largest absolute Gasteiger partial charge is 0.493 e. The zero-order chi connectivity index (χ0) is 20.4. The van der Waals surface area contributed by atoms with Gasteiger partial charge in [-0.25, -0.2) is 0 Å². The lowest BCUT2D eigenvalue weighted by molar-refractivity contribution is -0.129. The highest BCUT2D eigenvalue weighted by molar-refractivity contribution is 5.78. The lowest BCUT2D eigenvalue weighted by Crippen LogP contribution is -2.34. The van der Waals surface area contributed by atoms with E-state index < -0.39 is 0 Å². The van der Waals surface area contributed by atoms with E-state index in [-0.39, 0.29) is 11.8 Å². The maximum atomic E-state index is 12.2. The highest BCUT2D eigenvalue weighted by Crippen LogP contribution is 2.27. The minimum Gasteiger partial charge on any atom is -0.493 e. The van der Waals surface area contributed by atoms with Crippen molar-refractivity contribution >= 4 is 11.8 Å². The number of carbonyl (C=O) groups excluding carboxylic acids is 2. The van der Waals surface area contributed by atoms with Gasteiger partial charge in [-0.2, -0.15) is 0 Å². The molecule has 6 heteroatoms. The van der Waals surface area contributed by atoms with E-state index >= 15 is 0 Å². The number of nitrogens with one attached hydrogen (secondary N) is 1. The number of ether oxygens (including phenoxy) is 2. The van der Waals surface area contributed by atoms with Crippen LogP contribution in [0.2, 0.25) is 0 Å². The molecule has 1 aliphatic carbocycles. The predicted octanol–water partition coefficient (Wildman–Crippen LogP) is 3.45. The molecule has 0 aliphatic heterocycles. The van der Waals surface area contributed by atoms with E-state index in [2.05, 4.69) is 11.4 Å². The topological polar surface area (TPSA) is 67.9 Å². The summed E-state index contributed by atoms with van der Waals surface area (Å²) in [5, 5.41) is 2.90. The van der Waals surface area contributed by atoms with Crippen molar-refractivity contribution in [3.8, 4) is 11.5 Å². The molecule has 154 valence electrons. The van der Waals surface area contributed by atoms with Gasteiger partial charge in [0.2, 0.25) is 11.8 Å². The Balaban J connectivity index is 1.77. The number of benzene rings is 1. The first-order valence-corrected chi connectivity index (χ1v) is 9.94. The zero-order valence-corrected chi connectivity index (χ0v) is 17.3. The Morgan fingerprint density at radius 2 is 1.89 bits per heavy atom. The van der Waals surface area contributed by atoms with Crippen LogP contribution in [0.1, 0.15) is 51.0 Å². The number of amides is 2. The summed E-state index contributed by atoms with van der Waals surface area (Å²) in [5.74, 6) is 1.23. The molecule has 2 rings (SSSR count). The molecule has 6 nitrogen and oxygen atoms in total. The smallest absolute Gasteiger partial charge is 0.222 e. The lowest BCUT2D eigenvalue weighted by atomic mass is 9.97. The molecule has 0 fully saturated rings. The molecule has 0 heterocycles. The number of carbonyl (C=O) groups is 2. The third-order valence-corrected chi connectivity index (χ3v) is 5.08. The van der Waals surface area contributed by atoms with E-state index in [4.69, 9.17) is 9.47 Å². The van der Waals surface area contributed by atoms with Crippen LogP contribution in [0.3, 0.4) is 0 Å². The summed E-state index contributed by atoms with van der Waals surface area (Å²) in [7, 11) is 3.17. The van der Waals surface area contributed by atoms with E-state index in [0.717, 1.165) is 24.8 Å². The molecule has 0 atom stereocenters. The minimum atomic E-state index is -0.0714. The molecule has 2 amide bonds. The van der Waals surface area contributed by atoms with Crippen molar-refractivity contribution in [1.82, 2.24) is 10.2 Å². The fourth-order valence-electron chi connectivity index (χ4n) is 3.35. The van der Waals surface area contributed by atoms with Crippen LogP contribution in [0, 0.1) is 0 Å². The minimum absolute atomic E-state index is 0.0177. The van der Waals surface area contributed by atoms with E-state index in [1.54, 1.807) is 26.0 Å². The van der Waals surface area contributed by atoms with Crippen molar-refractivity contribution in [2.45, 2.75) is 52.0 Å². The molecule has 0 saturated carbocycles. The second kappa shape index (κ2) is 11.4. The van der Waals surface area contributed by atoms with Crippen molar-refractivity contribution in [3.63, 3.8) is 0 Å². The number of rotatable bonds is 10. The van der Waals surface area contributed by atoms with Crippen LogP contribution >= 0.6 is 0 Å². The molecular weight excluding hydrogens is 356 g/mol. The monoisotopic (exact) mass is 388 g/mol. The summed E-state index contributed by atoms with van der Waals surface area (Å²) in [5.41, 5.74) is 2.37. The molecule has 0 bridgehead atoms. The summed E-state index contributed by atoms with van der Waals surface area (Å²) in [4.78, 5) is 25.9. The Morgan fingerprint density at radius 1 is 1.11 bits per heavy atom. The van der Waals surface area contributed by atoms with Gasteiger partial charge in [-0.05, 0) is 49.8 Å². The maximum absolute atomic E-state index is 12.2. The van der Waals surface area contributed by atoms with Crippen LogP contribution < -0.4 is 14.8 Å². The van der Waals surface area contributed by atoms with Gasteiger partial charge >= 0.3 is 0 Å². The molecule has 1 N–H and O–H groups in total. The number of nitrogens with zero attached hydrogens (tertiary/aromatic N) is 1. The molecule has 0 unspecified atom stereocenters. The quantitative estimate of drug-likeness (QED) is 0.624. The molecule has 28 heavy (non-hydrogen) atoms. The van der Waals surface area contributed by atoms with Crippen LogP contribution in [0.25, 0.3) is 0 Å². The molecule has 0 aromatic heterocycles. The first-order chi connectivity index (χ1) is 13.5. The van der Waals surface area contributed by atoms with Crippen molar-refractivity contribution in [1.29, 1.82) is 0 Å². The Labute approximate surface area is 167 Å². The third kappa shape index (κ3) is 6.91. The van der Waals surface area contributed by atoms with E-state index in [1.165, 1.54) is 18.4 Å². The molecule has 0 radical (unpaired) electrons. The first-order valence-electron chi connectivity index (χ1n) is 9.94. The van der Waals surface area contributed by atoms with Gasteiger partial charge in [0.05, 0.1) is 14.2 Å². The van der Waals surface area contributed by atoms with Gasteiger partial charge in [0.25, 0.3) is 0 Å². The number of methoxy groups -OCH3 is 2. The highest BCUT2D eigenvalue weighted by Gasteiger charge is 2.13. The first kappa shape index (κ1) is 21.8. The van der Waals surface area contributed by atoms with E-state index in [1.807, 2.05) is 18.2 Å². The second-order valence-corrected chi connectivity index (χ2v) is 7.08. The van der Waals surface area contributed by atoms with Crippen LogP contribution in [-0.4, -0.2) is 44.0 Å². The molecule has 0 saturated heterocycles. The molecule has 0 spiro atoms. The van der Waals surface area contributed by atoms with Crippen LogP contribution in [0.4, 0.5) is 0 Å². The third-order valence-electron chi connectivity index (χ3n) is 5.08. The van der Waals surface area contributed by atoms with Gasteiger partial charge < -0.3 is 19.7 Å². The van der Waals surface area contributed by atoms with Gasteiger partial charge in [0, 0.05) is 33.0 Å². The van der Waals surface area contributed by atoms with Crippen LogP contribution in [0.5, 0.6) is 11.5 Å². The second-order valence-electron chi connectivity index (χ2n) is 7.08. The van der Waals surface area contributed by atoms with Gasteiger partial charge in [0.1, 0.15) is 0 Å². The maximum Gasteiger partial charge on any atom is 0.222 e. The van der Waals surface area contributed by atoms with Crippen molar-refractivity contribution in [2.24, 2.45) is 0 Å².